The third-order valence-corrected chi connectivity index (χ3v) is 5.24. The van der Waals surface area contributed by atoms with E-state index < -0.39 is 0 Å². The van der Waals surface area contributed by atoms with Gasteiger partial charge >= 0.3 is 0 Å². The zero-order valence-electron chi connectivity index (χ0n) is 12.7. The predicted molar refractivity (Wildman–Crippen MR) is 88.0 cm³/mol. The Balaban J connectivity index is 2.33. The van der Waals surface area contributed by atoms with Crippen LogP contribution in [0.5, 0.6) is 0 Å². The predicted octanol–water partition coefficient (Wildman–Crippen LogP) is 4.49. The van der Waals surface area contributed by atoms with Crippen LogP contribution in [0.4, 0.5) is 0 Å². The molecule has 0 saturated heterocycles. The van der Waals surface area contributed by atoms with Crippen LogP contribution in [0.25, 0.3) is 0 Å². The van der Waals surface area contributed by atoms with Crippen molar-refractivity contribution in [2.45, 2.75) is 64.0 Å². The van der Waals surface area contributed by atoms with Crippen LogP contribution >= 0.6 is 11.8 Å². The van der Waals surface area contributed by atoms with Crippen LogP contribution < -0.4 is 5.84 Å². The number of hydrogen-bond acceptors (Lipinski definition) is 3. The van der Waals surface area contributed by atoms with E-state index in [0.29, 0.717) is 5.25 Å². The van der Waals surface area contributed by atoms with Crippen LogP contribution in [-0.2, 0) is 0 Å². The molecular weight excluding hydrogens is 252 g/mol. The second-order valence-corrected chi connectivity index (χ2v) is 6.85. The molecule has 0 bridgehead atoms. The SMILES string of the molecule is C=CC(CCCCCCC)SC1=C(C)CCN(N)C1. The van der Waals surface area contributed by atoms with Gasteiger partial charge in [0.15, 0.2) is 0 Å². The van der Waals surface area contributed by atoms with E-state index in [1.165, 1.54) is 49.0 Å². The first-order chi connectivity index (χ1) is 9.17. The molecule has 2 N–H and O–H groups in total. The molecule has 110 valence electrons. The van der Waals surface area contributed by atoms with Gasteiger partial charge in [-0.1, -0.05) is 50.7 Å². The Morgan fingerprint density at radius 3 is 2.79 bits per heavy atom. The van der Waals surface area contributed by atoms with E-state index in [1.54, 1.807) is 0 Å². The molecule has 0 saturated carbocycles. The first-order valence-electron chi connectivity index (χ1n) is 7.64. The second kappa shape index (κ2) is 9.62. The molecule has 0 aliphatic carbocycles. The van der Waals surface area contributed by atoms with Gasteiger partial charge in [0.2, 0.25) is 0 Å². The topological polar surface area (TPSA) is 29.3 Å². The van der Waals surface area contributed by atoms with E-state index in [2.05, 4.69) is 26.5 Å². The fourth-order valence-corrected chi connectivity index (χ4v) is 3.63. The first-order valence-corrected chi connectivity index (χ1v) is 8.52. The molecule has 1 rings (SSSR count). The minimum Gasteiger partial charge on any atom is -0.268 e. The monoisotopic (exact) mass is 282 g/mol. The molecule has 0 radical (unpaired) electrons. The Hall–Kier alpha value is -0.250. The lowest BCUT2D eigenvalue weighted by atomic mass is 10.1. The largest absolute Gasteiger partial charge is 0.268 e. The van der Waals surface area contributed by atoms with Crippen LogP contribution in [-0.4, -0.2) is 23.3 Å². The molecule has 0 fully saturated rings. The van der Waals surface area contributed by atoms with E-state index in [0.717, 1.165) is 19.5 Å². The lowest BCUT2D eigenvalue weighted by Crippen LogP contribution is -2.36. The number of unbranched alkanes of at least 4 members (excludes halogenated alkanes) is 4. The van der Waals surface area contributed by atoms with Gasteiger partial charge in [0.25, 0.3) is 0 Å². The highest BCUT2D eigenvalue weighted by atomic mass is 32.2. The van der Waals surface area contributed by atoms with Crippen molar-refractivity contribution in [2.24, 2.45) is 5.84 Å². The molecule has 1 heterocycles. The lowest BCUT2D eigenvalue weighted by molar-refractivity contribution is 0.302. The molecule has 0 spiro atoms. The summed E-state index contributed by atoms with van der Waals surface area (Å²) in [6.45, 7) is 10.4. The molecule has 19 heavy (non-hydrogen) atoms. The summed E-state index contributed by atoms with van der Waals surface area (Å²) in [5.41, 5.74) is 1.52. The van der Waals surface area contributed by atoms with Gasteiger partial charge in [-0.2, -0.15) is 0 Å². The minimum absolute atomic E-state index is 0.554. The summed E-state index contributed by atoms with van der Waals surface area (Å²) < 4.78 is 0. The van der Waals surface area contributed by atoms with Crippen molar-refractivity contribution < 1.29 is 0 Å². The van der Waals surface area contributed by atoms with Gasteiger partial charge in [-0.3, -0.25) is 5.84 Å². The third kappa shape index (κ3) is 6.64. The Morgan fingerprint density at radius 2 is 2.11 bits per heavy atom. The van der Waals surface area contributed by atoms with Crippen molar-refractivity contribution in [1.29, 1.82) is 0 Å². The molecule has 0 aromatic rings. The number of hydrogen-bond donors (Lipinski definition) is 1. The highest BCUT2D eigenvalue weighted by molar-refractivity contribution is 8.03. The van der Waals surface area contributed by atoms with E-state index in [1.807, 2.05) is 16.8 Å². The standard InChI is InChI=1S/C16H30N2S/c1-4-6-7-8-9-10-15(5-2)19-16-13-18(17)12-11-14(16)3/h5,15H,2,4,6-13,17H2,1,3H3. The van der Waals surface area contributed by atoms with E-state index in [-0.39, 0.29) is 0 Å². The normalized spacial score (nSPS) is 18.7. The summed E-state index contributed by atoms with van der Waals surface area (Å²) in [6, 6.07) is 0. The number of nitrogens with two attached hydrogens (primary N) is 1. The van der Waals surface area contributed by atoms with E-state index in [4.69, 9.17) is 5.84 Å². The number of thioether (sulfide) groups is 1. The van der Waals surface area contributed by atoms with Crippen LogP contribution in [0.3, 0.4) is 0 Å². The quantitative estimate of drug-likeness (QED) is 0.384. The maximum Gasteiger partial charge on any atom is 0.0438 e. The van der Waals surface area contributed by atoms with Crippen molar-refractivity contribution in [3.05, 3.63) is 23.1 Å². The van der Waals surface area contributed by atoms with Gasteiger partial charge in [-0.15, -0.1) is 18.3 Å². The zero-order chi connectivity index (χ0) is 14.1. The average molecular weight is 282 g/mol. The van der Waals surface area contributed by atoms with Crippen LogP contribution in [0, 0.1) is 0 Å². The Bertz CT molecular complexity index is 299. The van der Waals surface area contributed by atoms with Gasteiger partial charge in [0, 0.05) is 18.3 Å². The molecular formula is C16H30N2S. The van der Waals surface area contributed by atoms with Gasteiger partial charge in [0.05, 0.1) is 0 Å². The number of hydrazine groups is 1. The number of rotatable bonds is 9. The maximum absolute atomic E-state index is 5.92. The van der Waals surface area contributed by atoms with Crippen molar-refractivity contribution in [3.63, 3.8) is 0 Å². The Labute approximate surface area is 123 Å². The van der Waals surface area contributed by atoms with Gasteiger partial charge in [0.1, 0.15) is 0 Å². The highest BCUT2D eigenvalue weighted by Crippen LogP contribution is 2.32. The minimum atomic E-state index is 0.554. The van der Waals surface area contributed by atoms with Gasteiger partial charge in [-0.05, 0) is 24.7 Å². The smallest absolute Gasteiger partial charge is 0.0438 e. The average Bonchev–Trinajstić information content (AvgIpc) is 2.41. The third-order valence-electron chi connectivity index (χ3n) is 3.75. The molecule has 1 aliphatic heterocycles. The lowest BCUT2D eigenvalue weighted by Gasteiger charge is -2.27. The maximum atomic E-state index is 5.92. The molecule has 2 nitrogen and oxygen atoms in total. The van der Waals surface area contributed by atoms with Crippen molar-refractivity contribution in [2.75, 3.05) is 13.1 Å². The first kappa shape index (κ1) is 16.8. The van der Waals surface area contributed by atoms with E-state index in [9.17, 15) is 0 Å². The summed E-state index contributed by atoms with van der Waals surface area (Å²) >= 11 is 1.98. The molecule has 0 aromatic carbocycles. The molecule has 3 heteroatoms. The molecule has 1 atom stereocenters. The Morgan fingerprint density at radius 1 is 1.37 bits per heavy atom. The van der Waals surface area contributed by atoms with Crippen molar-refractivity contribution >= 4 is 11.8 Å². The molecule has 1 unspecified atom stereocenters. The molecule has 0 aromatic heterocycles. The fourth-order valence-electron chi connectivity index (χ4n) is 2.34. The summed E-state index contributed by atoms with van der Waals surface area (Å²) in [5, 5.41) is 2.48. The Kier molecular flexibility index (Phi) is 8.51. The summed E-state index contributed by atoms with van der Waals surface area (Å²) in [6.07, 6.45) is 11.2. The van der Waals surface area contributed by atoms with Crippen molar-refractivity contribution in [3.8, 4) is 0 Å². The highest BCUT2D eigenvalue weighted by Gasteiger charge is 2.17. The van der Waals surface area contributed by atoms with Crippen LogP contribution in [0.1, 0.15) is 58.8 Å². The van der Waals surface area contributed by atoms with E-state index >= 15 is 0 Å². The molecule has 1 aliphatic rings. The zero-order valence-corrected chi connectivity index (χ0v) is 13.5. The van der Waals surface area contributed by atoms with Gasteiger partial charge in [-0.25, -0.2) is 5.01 Å². The summed E-state index contributed by atoms with van der Waals surface area (Å²) in [7, 11) is 0. The van der Waals surface area contributed by atoms with Crippen molar-refractivity contribution in [1.82, 2.24) is 5.01 Å². The summed E-state index contributed by atoms with van der Waals surface area (Å²) in [5.74, 6) is 5.92. The summed E-state index contributed by atoms with van der Waals surface area (Å²) in [4.78, 5) is 1.47. The fraction of sp³-hybridized carbons (Fsp3) is 0.750. The van der Waals surface area contributed by atoms with Gasteiger partial charge < -0.3 is 0 Å². The van der Waals surface area contributed by atoms with Crippen LogP contribution in [0.15, 0.2) is 23.1 Å². The second-order valence-electron chi connectivity index (χ2n) is 5.52. The number of nitrogens with zero attached hydrogens (tertiary/aromatic N) is 1. The molecule has 0 amide bonds. The van der Waals surface area contributed by atoms with Crippen LogP contribution in [0.2, 0.25) is 0 Å².